The number of fused-ring (bicyclic) bond motifs is 2. The Morgan fingerprint density at radius 3 is 2.64 bits per heavy atom. The van der Waals surface area contributed by atoms with Crippen molar-refractivity contribution in [3.05, 3.63) is 42.5 Å². The maximum atomic E-state index is 13.8. The van der Waals surface area contributed by atoms with Crippen LogP contribution in [0.4, 0.5) is 5.69 Å². The molecule has 3 heterocycles. The Balaban J connectivity index is 1.55. The minimum atomic E-state index is -0.761. The molecule has 2 aromatic carbocycles. The number of carbonyl (C=O) groups excluding carboxylic acids is 3. The lowest BCUT2D eigenvalue weighted by Gasteiger charge is -2.39. The van der Waals surface area contributed by atoms with Gasteiger partial charge in [0.2, 0.25) is 17.7 Å². The standard InChI is InChI=1S/C25H29N3O4S/c1-13-10-18-19(22(30)26-3)20-24(32)28(14(2)12-29)21(25(13,20)33-18)23(31)27-17-9-8-15-6-4-5-7-16(15)11-17/h4-9,11,13-14,18-21,29H,10,12H2,1-3H3,(H,26,30)(H,27,31)/t13?,14-,18+,19-,20+,21?,25?/m1/s1. The molecular weight excluding hydrogens is 438 g/mol. The number of nitrogens with one attached hydrogen (secondary N) is 2. The first kappa shape index (κ1) is 22.2. The quantitative estimate of drug-likeness (QED) is 0.627. The van der Waals surface area contributed by atoms with Gasteiger partial charge in [-0.25, -0.2) is 0 Å². The van der Waals surface area contributed by atoms with Gasteiger partial charge in [-0.15, -0.1) is 11.8 Å². The predicted molar refractivity (Wildman–Crippen MR) is 129 cm³/mol. The van der Waals surface area contributed by atoms with Crippen molar-refractivity contribution in [2.45, 2.75) is 42.3 Å². The molecule has 3 fully saturated rings. The normalized spacial score (nSPS) is 33.3. The highest BCUT2D eigenvalue weighted by atomic mass is 32.2. The molecule has 3 N–H and O–H groups in total. The van der Waals surface area contributed by atoms with Crippen molar-refractivity contribution in [2.24, 2.45) is 17.8 Å². The fraction of sp³-hybridized carbons (Fsp3) is 0.480. The van der Waals surface area contributed by atoms with Gasteiger partial charge in [-0.2, -0.15) is 0 Å². The van der Waals surface area contributed by atoms with Gasteiger partial charge in [-0.05, 0) is 42.2 Å². The number of carbonyl (C=O) groups is 3. The van der Waals surface area contributed by atoms with Crippen molar-refractivity contribution >= 4 is 45.9 Å². The van der Waals surface area contributed by atoms with E-state index >= 15 is 0 Å². The molecule has 2 bridgehead atoms. The van der Waals surface area contributed by atoms with Crippen LogP contribution in [0, 0.1) is 17.8 Å². The SMILES string of the molecule is CNC(=O)[C@@H]1[C@@H]2CC(C)C3(S2)C(C(=O)Nc2ccc4ccccc4c2)N([C@H](C)CO)C(=O)[C@H]13. The van der Waals surface area contributed by atoms with E-state index in [1.165, 1.54) is 0 Å². The average molecular weight is 468 g/mol. The Bertz CT molecular complexity index is 1140. The molecule has 5 rings (SSSR count). The third-order valence-electron chi connectivity index (χ3n) is 7.74. The van der Waals surface area contributed by atoms with Crippen LogP contribution in [-0.2, 0) is 14.4 Å². The second kappa shape index (κ2) is 8.02. The molecule has 7 atom stereocenters. The topological polar surface area (TPSA) is 98.7 Å². The Kier molecular flexibility index (Phi) is 5.40. The fourth-order valence-corrected chi connectivity index (χ4v) is 8.67. The van der Waals surface area contributed by atoms with Crippen molar-refractivity contribution in [3.63, 3.8) is 0 Å². The molecule has 3 saturated heterocycles. The maximum Gasteiger partial charge on any atom is 0.248 e. The van der Waals surface area contributed by atoms with E-state index < -0.39 is 28.7 Å². The Morgan fingerprint density at radius 1 is 1.21 bits per heavy atom. The van der Waals surface area contributed by atoms with Crippen LogP contribution in [-0.4, -0.2) is 63.5 Å². The summed E-state index contributed by atoms with van der Waals surface area (Å²) in [6.45, 7) is 3.58. The van der Waals surface area contributed by atoms with E-state index in [9.17, 15) is 19.5 Å². The van der Waals surface area contributed by atoms with Crippen molar-refractivity contribution < 1.29 is 19.5 Å². The molecule has 7 nitrogen and oxygen atoms in total. The van der Waals surface area contributed by atoms with E-state index in [0.29, 0.717) is 5.69 Å². The van der Waals surface area contributed by atoms with Gasteiger partial charge in [-0.1, -0.05) is 37.3 Å². The number of likely N-dealkylation sites (tertiary alicyclic amines) is 1. The van der Waals surface area contributed by atoms with Gasteiger partial charge in [0.05, 0.1) is 29.2 Å². The first-order chi connectivity index (χ1) is 15.8. The molecule has 174 valence electrons. The minimum absolute atomic E-state index is 0.0106. The summed E-state index contributed by atoms with van der Waals surface area (Å²) in [6, 6.07) is 12.4. The van der Waals surface area contributed by atoms with E-state index in [1.54, 1.807) is 30.6 Å². The van der Waals surface area contributed by atoms with Gasteiger partial charge < -0.3 is 20.6 Å². The molecular formula is C25H29N3O4S. The first-order valence-corrected chi connectivity index (χ1v) is 12.3. The number of aliphatic hydroxyl groups is 1. The van der Waals surface area contributed by atoms with Crippen molar-refractivity contribution in [1.29, 1.82) is 0 Å². The summed E-state index contributed by atoms with van der Waals surface area (Å²) < 4.78 is -0.691. The second-order valence-corrected chi connectivity index (χ2v) is 11.0. The van der Waals surface area contributed by atoms with Crippen LogP contribution in [0.3, 0.4) is 0 Å². The summed E-state index contributed by atoms with van der Waals surface area (Å²) in [5.74, 6) is -1.56. The third kappa shape index (κ3) is 3.10. The van der Waals surface area contributed by atoms with Crippen LogP contribution in [0.2, 0.25) is 0 Å². The molecule has 0 saturated carbocycles. The zero-order chi connectivity index (χ0) is 23.5. The number of rotatable bonds is 5. The molecule has 3 unspecified atom stereocenters. The van der Waals surface area contributed by atoms with Crippen LogP contribution in [0.15, 0.2) is 42.5 Å². The molecule has 0 radical (unpaired) electrons. The summed E-state index contributed by atoms with van der Waals surface area (Å²) in [4.78, 5) is 41.9. The van der Waals surface area contributed by atoms with Gasteiger partial charge in [0.15, 0.2) is 0 Å². The number of benzene rings is 2. The summed E-state index contributed by atoms with van der Waals surface area (Å²) in [7, 11) is 1.59. The fourth-order valence-electron chi connectivity index (χ4n) is 6.27. The zero-order valence-electron chi connectivity index (χ0n) is 18.9. The molecule has 33 heavy (non-hydrogen) atoms. The highest BCUT2D eigenvalue weighted by molar-refractivity contribution is 8.02. The van der Waals surface area contributed by atoms with E-state index in [4.69, 9.17) is 0 Å². The van der Waals surface area contributed by atoms with Crippen molar-refractivity contribution in [2.75, 3.05) is 19.0 Å². The summed E-state index contributed by atoms with van der Waals surface area (Å²) in [5, 5.41) is 17.8. The van der Waals surface area contributed by atoms with Crippen LogP contribution in [0.1, 0.15) is 20.3 Å². The average Bonchev–Trinajstić information content (AvgIpc) is 3.41. The van der Waals surface area contributed by atoms with E-state index in [1.807, 2.05) is 42.5 Å². The highest BCUT2D eigenvalue weighted by Gasteiger charge is 2.76. The van der Waals surface area contributed by atoms with Crippen molar-refractivity contribution in [1.82, 2.24) is 10.2 Å². The van der Waals surface area contributed by atoms with Crippen LogP contribution in [0.5, 0.6) is 0 Å². The molecule has 3 amide bonds. The van der Waals surface area contributed by atoms with Gasteiger partial charge in [0.1, 0.15) is 6.04 Å². The number of hydrogen-bond acceptors (Lipinski definition) is 5. The molecule has 0 aliphatic carbocycles. The summed E-state index contributed by atoms with van der Waals surface area (Å²) in [6.07, 6.45) is 0.785. The van der Waals surface area contributed by atoms with Crippen molar-refractivity contribution in [3.8, 4) is 0 Å². The van der Waals surface area contributed by atoms with E-state index in [2.05, 4.69) is 17.6 Å². The summed E-state index contributed by atoms with van der Waals surface area (Å²) >= 11 is 1.63. The lowest BCUT2D eigenvalue weighted by Crippen LogP contribution is -2.56. The number of nitrogens with zero attached hydrogens (tertiary/aromatic N) is 1. The lowest BCUT2D eigenvalue weighted by molar-refractivity contribution is -0.141. The minimum Gasteiger partial charge on any atom is -0.394 e. The van der Waals surface area contributed by atoms with Crippen LogP contribution >= 0.6 is 11.8 Å². The zero-order valence-corrected chi connectivity index (χ0v) is 19.8. The third-order valence-corrected chi connectivity index (χ3v) is 9.81. The van der Waals surface area contributed by atoms with Gasteiger partial charge in [0, 0.05) is 18.0 Å². The predicted octanol–water partition coefficient (Wildman–Crippen LogP) is 2.24. The number of hydrogen-bond donors (Lipinski definition) is 3. The molecule has 1 spiro atoms. The van der Waals surface area contributed by atoms with Gasteiger partial charge in [0.25, 0.3) is 0 Å². The van der Waals surface area contributed by atoms with E-state index in [0.717, 1.165) is 17.2 Å². The Morgan fingerprint density at radius 2 is 1.94 bits per heavy atom. The number of thioether (sulfide) groups is 1. The van der Waals surface area contributed by atoms with Crippen LogP contribution in [0.25, 0.3) is 10.8 Å². The Hall–Kier alpha value is -2.58. The molecule has 3 aliphatic heterocycles. The largest absolute Gasteiger partial charge is 0.394 e. The van der Waals surface area contributed by atoms with Gasteiger partial charge >= 0.3 is 0 Å². The number of aliphatic hydroxyl groups excluding tert-OH is 1. The molecule has 2 aromatic rings. The van der Waals surface area contributed by atoms with Crippen LogP contribution < -0.4 is 10.6 Å². The Labute approximate surface area is 197 Å². The second-order valence-electron chi connectivity index (χ2n) is 9.50. The number of amides is 3. The maximum absolute atomic E-state index is 13.8. The molecule has 0 aromatic heterocycles. The molecule has 8 heteroatoms. The lowest BCUT2D eigenvalue weighted by atomic mass is 9.66. The number of anilines is 1. The molecule has 3 aliphatic rings. The smallest absolute Gasteiger partial charge is 0.248 e. The summed E-state index contributed by atoms with van der Waals surface area (Å²) in [5.41, 5.74) is 0.663. The highest BCUT2D eigenvalue weighted by Crippen LogP contribution is 2.68. The monoisotopic (exact) mass is 467 g/mol. The first-order valence-electron chi connectivity index (χ1n) is 11.5. The van der Waals surface area contributed by atoms with E-state index in [-0.39, 0.29) is 35.5 Å². The van der Waals surface area contributed by atoms with Gasteiger partial charge in [-0.3, -0.25) is 14.4 Å².